The van der Waals surface area contributed by atoms with Gasteiger partial charge in [-0.25, -0.2) is 0 Å². The molecule has 1 aromatic carbocycles. The summed E-state index contributed by atoms with van der Waals surface area (Å²) < 4.78 is 5.33. The standard InChI is InChI=1S/C13H18N2O2/c1-3-17-8-9(2)14-12-10-6-4-5-7-11(10)15-13(12)16/h4-7,9,12,14H,3,8H2,1-2H3,(H,15,16). The van der Waals surface area contributed by atoms with Gasteiger partial charge in [0.1, 0.15) is 6.04 Å². The molecule has 4 nitrogen and oxygen atoms in total. The van der Waals surface area contributed by atoms with Gasteiger partial charge in [0.2, 0.25) is 5.91 Å². The number of hydrogen-bond donors (Lipinski definition) is 2. The third-order valence-corrected chi connectivity index (χ3v) is 2.82. The number of ether oxygens (including phenoxy) is 1. The van der Waals surface area contributed by atoms with Crippen LogP contribution in [0.2, 0.25) is 0 Å². The lowest BCUT2D eigenvalue weighted by Gasteiger charge is -2.18. The molecule has 0 fully saturated rings. The summed E-state index contributed by atoms with van der Waals surface area (Å²) in [4.78, 5) is 11.8. The number of carbonyl (C=O) groups excluding carboxylic acids is 1. The van der Waals surface area contributed by atoms with Crippen molar-refractivity contribution in [2.75, 3.05) is 18.5 Å². The van der Waals surface area contributed by atoms with Crippen molar-refractivity contribution in [2.24, 2.45) is 0 Å². The molecular weight excluding hydrogens is 216 g/mol. The Bertz CT molecular complexity index is 406. The number of fused-ring (bicyclic) bond motifs is 1. The first-order valence-corrected chi connectivity index (χ1v) is 5.96. The Hall–Kier alpha value is -1.39. The van der Waals surface area contributed by atoms with Crippen molar-refractivity contribution in [3.05, 3.63) is 29.8 Å². The van der Waals surface area contributed by atoms with E-state index in [2.05, 4.69) is 10.6 Å². The van der Waals surface area contributed by atoms with Gasteiger partial charge >= 0.3 is 0 Å². The molecule has 0 bridgehead atoms. The largest absolute Gasteiger partial charge is 0.380 e. The topological polar surface area (TPSA) is 50.4 Å². The molecule has 1 heterocycles. The second-order valence-electron chi connectivity index (χ2n) is 4.24. The highest BCUT2D eigenvalue weighted by atomic mass is 16.5. The van der Waals surface area contributed by atoms with Crippen LogP contribution < -0.4 is 10.6 Å². The van der Waals surface area contributed by atoms with Crippen LogP contribution in [0.4, 0.5) is 5.69 Å². The third kappa shape index (κ3) is 2.65. The highest BCUT2D eigenvalue weighted by molar-refractivity contribution is 6.02. The summed E-state index contributed by atoms with van der Waals surface area (Å²) in [5, 5.41) is 6.15. The lowest BCUT2D eigenvalue weighted by molar-refractivity contribution is -0.117. The fourth-order valence-electron chi connectivity index (χ4n) is 2.00. The van der Waals surface area contributed by atoms with Crippen molar-refractivity contribution >= 4 is 11.6 Å². The molecular formula is C13H18N2O2. The third-order valence-electron chi connectivity index (χ3n) is 2.82. The monoisotopic (exact) mass is 234 g/mol. The van der Waals surface area contributed by atoms with Gasteiger partial charge in [-0.05, 0) is 19.9 Å². The average Bonchev–Trinajstić information content (AvgIpc) is 2.64. The zero-order valence-corrected chi connectivity index (χ0v) is 10.2. The number of carbonyl (C=O) groups is 1. The fraction of sp³-hybridized carbons (Fsp3) is 0.462. The van der Waals surface area contributed by atoms with E-state index in [4.69, 9.17) is 4.74 Å². The molecule has 0 aromatic heterocycles. The predicted octanol–water partition coefficient (Wildman–Crippen LogP) is 1.69. The van der Waals surface area contributed by atoms with E-state index < -0.39 is 0 Å². The van der Waals surface area contributed by atoms with Gasteiger partial charge < -0.3 is 10.1 Å². The molecule has 1 amide bonds. The van der Waals surface area contributed by atoms with Crippen LogP contribution in [0, 0.1) is 0 Å². The molecule has 0 saturated heterocycles. The van der Waals surface area contributed by atoms with E-state index in [1.807, 2.05) is 38.1 Å². The lowest BCUT2D eigenvalue weighted by Crippen LogP contribution is -2.37. The van der Waals surface area contributed by atoms with Crippen LogP contribution in [-0.2, 0) is 9.53 Å². The molecule has 2 N–H and O–H groups in total. The number of nitrogens with one attached hydrogen (secondary N) is 2. The Morgan fingerprint density at radius 2 is 2.24 bits per heavy atom. The van der Waals surface area contributed by atoms with Crippen LogP contribution in [0.3, 0.4) is 0 Å². The van der Waals surface area contributed by atoms with E-state index in [1.54, 1.807) is 0 Å². The van der Waals surface area contributed by atoms with Crippen molar-refractivity contribution in [1.82, 2.24) is 5.32 Å². The van der Waals surface area contributed by atoms with Gasteiger partial charge in [-0.3, -0.25) is 10.1 Å². The van der Waals surface area contributed by atoms with Gasteiger partial charge in [0.15, 0.2) is 0 Å². The molecule has 2 unspecified atom stereocenters. The lowest BCUT2D eigenvalue weighted by atomic mass is 10.1. The quantitative estimate of drug-likeness (QED) is 0.815. The number of hydrogen-bond acceptors (Lipinski definition) is 3. The molecule has 1 aliphatic rings. The van der Waals surface area contributed by atoms with Crippen LogP contribution in [0.15, 0.2) is 24.3 Å². The predicted molar refractivity (Wildman–Crippen MR) is 66.9 cm³/mol. The fourth-order valence-corrected chi connectivity index (χ4v) is 2.00. The maximum atomic E-state index is 11.8. The molecule has 2 rings (SSSR count). The Morgan fingerprint density at radius 3 is 3.00 bits per heavy atom. The van der Waals surface area contributed by atoms with Gasteiger partial charge in [-0.1, -0.05) is 18.2 Å². The molecule has 4 heteroatoms. The molecule has 1 aliphatic heterocycles. The van der Waals surface area contributed by atoms with E-state index in [-0.39, 0.29) is 18.0 Å². The summed E-state index contributed by atoms with van der Waals surface area (Å²) in [6.07, 6.45) is 0. The number of rotatable bonds is 5. The van der Waals surface area contributed by atoms with Crippen LogP contribution >= 0.6 is 0 Å². The van der Waals surface area contributed by atoms with Crippen LogP contribution in [0.25, 0.3) is 0 Å². The summed E-state index contributed by atoms with van der Waals surface area (Å²) in [5.74, 6) is 0.00884. The zero-order chi connectivity index (χ0) is 12.3. The first-order valence-electron chi connectivity index (χ1n) is 5.96. The van der Waals surface area contributed by atoms with Gasteiger partial charge in [0.05, 0.1) is 6.61 Å². The molecule has 1 aromatic rings. The number of para-hydroxylation sites is 1. The number of benzene rings is 1. The van der Waals surface area contributed by atoms with Gasteiger partial charge in [0.25, 0.3) is 0 Å². The minimum absolute atomic E-state index is 0.00884. The van der Waals surface area contributed by atoms with E-state index >= 15 is 0 Å². The van der Waals surface area contributed by atoms with E-state index in [0.717, 1.165) is 11.3 Å². The SMILES string of the molecule is CCOCC(C)NC1C(=O)Nc2ccccc21. The minimum Gasteiger partial charge on any atom is -0.380 e. The van der Waals surface area contributed by atoms with E-state index in [9.17, 15) is 4.79 Å². The van der Waals surface area contributed by atoms with Gasteiger partial charge in [-0.2, -0.15) is 0 Å². The second-order valence-corrected chi connectivity index (χ2v) is 4.24. The minimum atomic E-state index is -0.262. The maximum Gasteiger partial charge on any atom is 0.246 e. The summed E-state index contributed by atoms with van der Waals surface area (Å²) >= 11 is 0. The molecule has 0 saturated carbocycles. The summed E-state index contributed by atoms with van der Waals surface area (Å²) in [7, 11) is 0. The molecule has 17 heavy (non-hydrogen) atoms. The van der Waals surface area contributed by atoms with Gasteiger partial charge in [0, 0.05) is 23.9 Å². The van der Waals surface area contributed by atoms with Crippen molar-refractivity contribution in [3.63, 3.8) is 0 Å². The molecule has 0 aliphatic carbocycles. The molecule has 0 radical (unpaired) electrons. The van der Waals surface area contributed by atoms with Gasteiger partial charge in [-0.15, -0.1) is 0 Å². The second kappa shape index (κ2) is 5.29. The Balaban J connectivity index is 2.04. The first kappa shape index (κ1) is 12.1. The molecule has 92 valence electrons. The molecule has 2 atom stereocenters. The Morgan fingerprint density at radius 1 is 1.47 bits per heavy atom. The Labute approximate surface area is 101 Å². The first-order chi connectivity index (χ1) is 8.22. The number of amides is 1. The summed E-state index contributed by atoms with van der Waals surface area (Å²) in [6, 6.07) is 7.64. The van der Waals surface area contributed by atoms with Crippen molar-refractivity contribution in [2.45, 2.75) is 25.9 Å². The summed E-state index contributed by atoms with van der Waals surface area (Å²) in [5.41, 5.74) is 1.92. The highest BCUT2D eigenvalue weighted by Gasteiger charge is 2.30. The van der Waals surface area contributed by atoms with Crippen molar-refractivity contribution in [3.8, 4) is 0 Å². The van der Waals surface area contributed by atoms with Crippen LogP contribution in [-0.4, -0.2) is 25.2 Å². The zero-order valence-electron chi connectivity index (χ0n) is 10.2. The van der Waals surface area contributed by atoms with Crippen LogP contribution in [0.1, 0.15) is 25.5 Å². The summed E-state index contributed by atoms with van der Waals surface area (Å²) in [6.45, 7) is 5.29. The normalized spacial score (nSPS) is 19.9. The average molecular weight is 234 g/mol. The maximum absolute atomic E-state index is 11.8. The Kier molecular flexibility index (Phi) is 3.76. The van der Waals surface area contributed by atoms with Crippen LogP contribution in [0.5, 0.6) is 0 Å². The highest BCUT2D eigenvalue weighted by Crippen LogP contribution is 2.30. The van der Waals surface area contributed by atoms with Crippen molar-refractivity contribution < 1.29 is 9.53 Å². The number of anilines is 1. The van der Waals surface area contributed by atoms with E-state index in [0.29, 0.717) is 13.2 Å². The van der Waals surface area contributed by atoms with E-state index in [1.165, 1.54) is 0 Å². The smallest absolute Gasteiger partial charge is 0.246 e. The van der Waals surface area contributed by atoms with Crippen molar-refractivity contribution in [1.29, 1.82) is 0 Å². The molecule has 0 spiro atoms.